The Morgan fingerprint density at radius 3 is 2.47 bits per heavy atom. The summed E-state index contributed by atoms with van der Waals surface area (Å²) in [6, 6.07) is 3.72. The molecule has 0 aliphatic heterocycles. The van der Waals surface area contributed by atoms with Crippen LogP contribution >= 0.6 is 15.9 Å². The summed E-state index contributed by atoms with van der Waals surface area (Å²) in [6.07, 6.45) is -4.22. The summed E-state index contributed by atoms with van der Waals surface area (Å²) in [6.45, 7) is 0.364. The minimum atomic E-state index is -4.71. The summed E-state index contributed by atoms with van der Waals surface area (Å²) in [5.41, 5.74) is 11.7. The van der Waals surface area contributed by atoms with Crippen LogP contribution < -0.4 is 16.2 Å². The lowest BCUT2D eigenvalue weighted by Crippen LogP contribution is -2.18. The third kappa shape index (κ3) is 4.93. The van der Waals surface area contributed by atoms with Crippen molar-refractivity contribution in [3.05, 3.63) is 28.2 Å². The zero-order valence-electron chi connectivity index (χ0n) is 8.80. The van der Waals surface area contributed by atoms with E-state index in [1.54, 1.807) is 6.07 Å². The van der Waals surface area contributed by atoms with E-state index in [0.717, 1.165) is 0 Å². The first kappa shape index (κ1) is 14.3. The van der Waals surface area contributed by atoms with Gasteiger partial charge in [0.2, 0.25) is 0 Å². The third-order valence-corrected chi connectivity index (χ3v) is 2.49. The number of nitrogens with two attached hydrogens (primary N) is 2. The topological polar surface area (TPSA) is 61.3 Å². The third-order valence-electron chi connectivity index (χ3n) is 2.03. The van der Waals surface area contributed by atoms with Crippen molar-refractivity contribution in [2.75, 3.05) is 6.54 Å². The molecular formula is C10H12BrF3N2O. The highest BCUT2D eigenvalue weighted by Gasteiger charge is 2.31. The molecule has 0 bridgehead atoms. The van der Waals surface area contributed by atoms with Crippen LogP contribution in [0, 0.1) is 0 Å². The van der Waals surface area contributed by atoms with Crippen molar-refractivity contribution in [1.29, 1.82) is 0 Å². The van der Waals surface area contributed by atoms with Gasteiger partial charge in [-0.1, -0.05) is 15.9 Å². The molecule has 0 saturated carbocycles. The standard InChI is InChI=1S/C10H12BrF3N2O/c11-7-3-6(9(16)1-2-15)4-8(5-7)17-10(12,13)14/h3-5,9H,1-2,15-16H2/t9-/m1/s1. The first-order valence-corrected chi connectivity index (χ1v) is 5.63. The zero-order valence-corrected chi connectivity index (χ0v) is 10.4. The molecule has 17 heavy (non-hydrogen) atoms. The molecule has 0 aliphatic carbocycles. The summed E-state index contributed by atoms with van der Waals surface area (Å²) in [7, 11) is 0. The Morgan fingerprint density at radius 2 is 1.94 bits per heavy atom. The maximum Gasteiger partial charge on any atom is 0.573 e. The maximum atomic E-state index is 12.1. The van der Waals surface area contributed by atoms with Crippen LogP contribution in [0.15, 0.2) is 22.7 Å². The van der Waals surface area contributed by atoms with Crippen LogP contribution in [0.1, 0.15) is 18.0 Å². The Labute approximate surface area is 105 Å². The molecule has 3 nitrogen and oxygen atoms in total. The lowest BCUT2D eigenvalue weighted by Gasteiger charge is -2.14. The monoisotopic (exact) mass is 312 g/mol. The molecule has 0 heterocycles. The lowest BCUT2D eigenvalue weighted by atomic mass is 10.0. The number of benzene rings is 1. The Balaban J connectivity index is 2.94. The van der Waals surface area contributed by atoms with Gasteiger partial charge in [-0.15, -0.1) is 13.2 Å². The number of ether oxygens (including phenoxy) is 1. The van der Waals surface area contributed by atoms with Crippen molar-refractivity contribution < 1.29 is 17.9 Å². The summed E-state index contributed by atoms with van der Waals surface area (Å²) in [5.74, 6) is -0.297. The Bertz CT molecular complexity index is 384. The van der Waals surface area contributed by atoms with Gasteiger partial charge in [0.15, 0.2) is 0 Å². The SMILES string of the molecule is NCC[C@@H](N)c1cc(Br)cc(OC(F)(F)F)c1. The van der Waals surface area contributed by atoms with E-state index in [-0.39, 0.29) is 5.75 Å². The second kappa shape index (κ2) is 5.70. The van der Waals surface area contributed by atoms with Crippen LogP contribution in [-0.2, 0) is 0 Å². The molecule has 0 unspecified atom stereocenters. The smallest absolute Gasteiger partial charge is 0.406 e. The van der Waals surface area contributed by atoms with Gasteiger partial charge in [-0.25, -0.2) is 0 Å². The molecular weight excluding hydrogens is 301 g/mol. The van der Waals surface area contributed by atoms with E-state index in [9.17, 15) is 13.2 Å². The molecule has 0 aliphatic rings. The molecule has 0 radical (unpaired) electrons. The van der Waals surface area contributed by atoms with Gasteiger partial charge in [0.1, 0.15) is 5.75 Å². The van der Waals surface area contributed by atoms with Crippen molar-refractivity contribution >= 4 is 15.9 Å². The molecule has 96 valence electrons. The molecule has 0 aromatic heterocycles. The fourth-order valence-electron chi connectivity index (χ4n) is 1.34. The summed E-state index contributed by atoms with van der Waals surface area (Å²) < 4.78 is 40.5. The van der Waals surface area contributed by atoms with Gasteiger partial charge in [-0.05, 0) is 36.7 Å². The number of hydrogen-bond acceptors (Lipinski definition) is 3. The van der Waals surface area contributed by atoms with Crippen molar-refractivity contribution in [3.8, 4) is 5.75 Å². The van der Waals surface area contributed by atoms with Crippen LogP contribution in [0.4, 0.5) is 13.2 Å². The van der Waals surface area contributed by atoms with Gasteiger partial charge in [0.25, 0.3) is 0 Å². The molecule has 1 aromatic carbocycles. The highest BCUT2D eigenvalue weighted by molar-refractivity contribution is 9.10. The van der Waals surface area contributed by atoms with E-state index in [2.05, 4.69) is 20.7 Å². The van der Waals surface area contributed by atoms with Crippen molar-refractivity contribution in [2.24, 2.45) is 11.5 Å². The highest BCUT2D eigenvalue weighted by atomic mass is 79.9. The van der Waals surface area contributed by atoms with Crippen LogP contribution in [0.25, 0.3) is 0 Å². The van der Waals surface area contributed by atoms with Crippen molar-refractivity contribution in [1.82, 2.24) is 0 Å². The fourth-order valence-corrected chi connectivity index (χ4v) is 1.83. The van der Waals surface area contributed by atoms with Gasteiger partial charge >= 0.3 is 6.36 Å². The Morgan fingerprint density at radius 1 is 1.29 bits per heavy atom. The fraction of sp³-hybridized carbons (Fsp3) is 0.400. The highest BCUT2D eigenvalue weighted by Crippen LogP contribution is 2.29. The lowest BCUT2D eigenvalue weighted by molar-refractivity contribution is -0.274. The molecule has 1 atom stereocenters. The van der Waals surface area contributed by atoms with Crippen LogP contribution in [0.3, 0.4) is 0 Å². The molecule has 4 N–H and O–H groups in total. The molecule has 0 spiro atoms. The summed E-state index contributed by atoms with van der Waals surface area (Å²) in [4.78, 5) is 0. The first-order valence-electron chi connectivity index (χ1n) is 4.83. The number of alkyl halides is 3. The van der Waals surface area contributed by atoms with E-state index < -0.39 is 12.4 Å². The maximum absolute atomic E-state index is 12.1. The van der Waals surface area contributed by atoms with Gasteiger partial charge in [0, 0.05) is 10.5 Å². The predicted molar refractivity (Wildman–Crippen MR) is 61.4 cm³/mol. The van der Waals surface area contributed by atoms with E-state index in [4.69, 9.17) is 11.5 Å². The van der Waals surface area contributed by atoms with Gasteiger partial charge in [-0.3, -0.25) is 0 Å². The summed E-state index contributed by atoms with van der Waals surface area (Å²) >= 11 is 3.11. The minimum Gasteiger partial charge on any atom is -0.406 e. The van der Waals surface area contributed by atoms with E-state index >= 15 is 0 Å². The number of halogens is 4. The number of hydrogen-bond donors (Lipinski definition) is 2. The molecule has 1 rings (SSSR count). The summed E-state index contributed by atoms with van der Waals surface area (Å²) in [5, 5.41) is 0. The average Bonchev–Trinajstić information content (AvgIpc) is 2.14. The quantitative estimate of drug-likeness (QED) is 0.898. The van der Waals surface area contributed by atoms with Crippen LogP contribution in [-0.4, -0.2) is 12.9 Å². The molecule has 0 fully saturated rings. The molecule has 7 heteroatoms. The zero-order chi connectivity index (χ0) is 13.1. The Hall–Kier alpha value is -0.790. The van der Waals surface area contributed by atoms with E-state index in [0.29, 0.717) is 23.0 Å². The van der Waals surface area contributed by atoms with E-state index in [1.165, 1.54) is 12.1 Å². The average molecular weight is 313 g/mol. The second-order valence-corrected chi connectivity index (χ2v) is 4.37. The molecule has 1 aromatic rings. The normalized spacial score (nSPS) is 13.5. The van der Waals surface area contributed by atoms with E-state index in [1.807, 2.05) is 0 Å². The van der Waals surface area contributed by atoms with Gasteiger partial charge in [-0.2, -0.15) is 0 Å². The van der Waals surface area contributed by atoms with Crippen LogP contribution in [0.5, 0.6) is 5.75 Å². The van der Waals surface area contributed by atoms with Crippen LogP contribution in [0.2, 0.25) is 0 Å². The number of rotatable bonds is 4. The second-order valence-electron chi connectivity index (χ2n) is 3.45. The Kier molecular flexibility index (Phi) is 4.79. The largest absolute Gasteiger partial charge is 0.573 e. The van der Waals surface area contributed by atoms with Crippen molar-refractivity contribution in [3.63, 3.8) is 0 Å². The molecule has 0 saturated heterocycles. The van der Waals surface area contributed by atoms with Crippen molar-refractivity contribution in [2.45, 2.75) is 18.8 Å². The minimum absolute atomic E-state index is 0.297. The molecule has 0 amide bonds. The van der Waals surface area contributed by atoms with Gasteiger partial charge in [0.05, 0.1) is 0 Å². The van der Waals surface area contributed by atoms with Gasteiger partial charge < -0.3 is 16.2 Å². The first-order chi connectivity index (χ1) is 7.81. The predicted octanol–water partition coefficient (Wildman–Crippen LogP) is 2.70.